The Morgan fingerprint density at radius 2 is 1.71 bits per heavy atom. The van der Waals surface area contributed by atoms with Gasteiger partial charge in [0.05, 0.1) is 5.69 Å². The number of ketones is 1. The maximum atomic E-state index is 12.7. The molecular weight excluding hydrogens is 462 g/mol. The summed E-state index contributed by atoms with van der Waals surface area (Å²) in [5.74, 6) is 1.41. The quantitative estimate of drug-likeness (QED) is 0.365. The molecular formula is C26H27N5O3S. The molecule has 0 aliphatic carbocycles. The summed E-state index contributed by atoms with van der Waals surface area (Å²) in [6.07, 6.45) is 2.56. The van der Waals surface area contributed by atoms with Gasteiger partial charge < -0.3 is 15.5 Å². The fourth-order valence-corrected chi connectivity index (χ4v) is 4.43. The number of nitrogens with zero attached hydrogens (tertiary/aromatic N) is 3. The molecule has 35 heavy (non-hydrogen) atoms. The number of anilines is 2. The molecule has 3 aromatic rings. The number of piperidine rings is 1. The zero-order valence-corrected chi connectivity index (χ0v) is 20.3. The Morgan fingerprint density at radius 1 is 1.00 bits per heavy atom. The van der Waals surface area contributed by atoms with Crippen LogP contribution in [0.5, 0.6) is 0 Å². The fourth-order valence-electron chi connectivity index (χ4n) is 3.66. The molecule has 1 fully saturated rings. The van der Waals surface area contributed by atoms with Crippen molar-refractivity contribution < 1.29 is 14.4 Å². The number of rotatable bonds is 8. The molecule has 2 N–H and O–H groups in total. The molecule has 9 heteroatoms. The minimum atomic E-state index is -0.0565. The van der Waals surface area contributed by atoms with Gasteiger partial charge in [0.15, 0.2) is 0 Å². The van der Waals surface area contributed by atoms with Crippen molar-refractivity contribution in [1.29, 1.82) is 0 Å². The largest absolute Gasteiger partial charge is 0.356 e. The summed E-state index contributed by atoms with van der Waals surface area (Å²) in [6.45, 7) is 3.11. The summed E-state index contributed by atoms with van der Waals surface area (Å²) in [4.78, 5) is 46.8. The smallest absolute Gasteiger partial charge is 0.253 e. The van der Waals surface area contributed by atoms with Crippen LogP contribution < -0.4 is 10.6 Å². The number of amides is 2. The first-order valence-electron chi connectivity index (χ1n) is 11.5. The average molecular weight is 490 g/mol. The Labute approximate surface area is 208 Å². The molecule has 0 unspecified atom stereocenters. The van der Waals surface area contributed by atoms with Crippen LogP contribution in [0, 0.1) is 0 Å². The van der Waals surface area contributed by atoms with E-state index in [2.05, 4.69) is 20.6 Å². The van der Waals surface area contributed by atoms with Crippen LogP contribution in [0.4, 0.5) is 11.6 Å². The SMILES string of the molecule is CC(=O)NCCSc1ccc(-c2ccnc(Nc3ccc(C(=O)N4CCC(=O)CC4)cc3)n2)cc1. The number of carbonyl (C=O) groups excluding carboxylic acids is 3. The predicted octanol–water partition coefficient (Wildman–Crippen LogP) is 3.92. The van der Waals surface area contributed by atoms with Crippen molar-refractivity contribution in [3.05, 3.63) is 66.4 Å². The van der Waals surface area contributed by atoms with Crippen LogP contribution in [-0.4, -0.2) is 57.9 Å². The minimum Gasteiger partial charge on any atom is -0.356 e. The molecule has 0 radical (unpaired) electrons. The molecule has 1 aliphatic rings. The molecule has 1 aromatic heterocycles. The first kappa shape index (κ1) is 24.4. The van der Waals surface area contributed by atoms with E-state index in [-0.39, 0.29) is 17.6 Å². The van der Waals surface area contributed by atoms with Crippen LogP contribution in [0.3, 0.4) is 0 Å². The Bertz CT molecular complexity index is 1190. The summed E-state index contributed by atoms with van der Waals surface area (Å²) < 4.78 is 0. The van der Waals surface area contributed by atoms with E-state index in [0.29, 0.717) is 44.0 Å². The number of thioether (sulfide) groups is 1. The molecule has 0 bridgehead atoms. The molecule has 1 aliphatic heterocycles. The molecule has 0 saturated carbocycles. The van der Waals surface area contributed by atoms with Crippen LogP contribution in [0.1, 0.15) is 30.1 Å². The van der Waals surface area contributed by atoms with E-state index in [4.69, 9.17) is 0 Å². The molecule has 0 spiro atoms. The van der Waals surface area contributed by atoms with Gasteiger partial charge in [0.2, 0.25) is 11.9 Å². The number of benzene rings is 2. The van der Waals surface area contributed by atoms with E-state index in [1.54, 1.807) is 35.0 Å². The Kier molecular flexibility index (Phi) is 8.10. The maximum Gasteiger partial charge on any atom is 0.253 e. The predicted molar refractivity (Wildman–Crippen MR) is 137 cm³/mol. The van der Waals surface area contributed by atoms with Gasteiger partial charge in [-0.05, 0) is 42.5 Å². The van der Waals surface area contributed by atoms with E-state index in [9.17, 15) is 14.4 Å². The number of carbonyl (C=O) groups is 3. The van der Waals surface area contributed by atoms with Crippen molar-refractivity contribution in [2.24, 2.45) is 0 Å². The van der Waals surface area contributed by atoms with Crippen LogP contribution in [0.2, 0.25) is 0 Å². The van der Waals surface area contributed by atoms with Crippen LogP contribution in [-0.2, 0) is 9.59 Å². The van der Waals surface area contributed by atoms with Crippen LogP contribution in [0.15, 0.2) is 65.7 Å². The highest BCUT2D eigenvalue weighted by Gasteiger charge is 2.21. The highest BCUT2D eigenvalue weighted by molar-refractivity contribution is 7.99. The monoisotopic (exact) mass is 489 g/mol. The summed E-state index contributed by atoms with van der Waals surface area (Å²) in [5.41, 5.74) is 3.14. The van der Waals surface area contributed by atoms with Gasteiger partial charge in [-0.1, -0.05) is 12.1 Å². The number of likely N-dealkylation sites (tertiary alicyclic amines) is 1. The summed E-state index contributed by atoms with van der Waals surface area (Å²) in [5, 5.41) is 5.98. The van der Waals surface area contributed by atoms with Crippen molar-refractivity contribution >= 4 is 41.0 Å². The normalized spacial score (nSPS) is 13.4. The van der Waals surface area contributed by atoms with Gasteiger partial charge in [0.1, 0.15) is 5.78 Å². The zero-order chi connectivity index (χ0) is 24.6. The van der Waals surface area contributed by atoms with Gasteiger partial charge in [-0.15, -0.1) is 11.8 Å². The third kappa shape index (κ3) is 6.89. The molecule has 180 valence electrons. The van der Waals surface area contributed by atoms with Gasteiger partial charge in [0.25, 0.3) is 5.91 Å². The van der Waals surface area contributed by atoms with Gasteiger partial charge >= 0.3 is 0 Å². The Hall–Kier alpha value is -3.72. The topological polar surface area (TPSA) is 104 Å². The molecule has 2 amide bonds. The number of aromatic nitrogens is 2. The highest BCUT2D eigenvalue weighted by atomic mass is 32.2. The fraction of sp³-hybridized carbons (Fsp3) is 0.269. The molecule has 0 atom stereocenters. The zero-order valence-electron chi connectivity index (χ0n) is 19.5. The maximum absolute atomic E-state index is 12.7. The van der Waals surface area contributed by atoms with Crippen molar-refractivity contribution in [2.45, 2.75) is 24.7 Å². The molecule has 1 saturated heterocycles. The number of hydrogen-bond donors (Lipinski definition) is 2. The third-order valence-corrected chi connectivity index (χ3v) is 6.56. The van der Waals surface area contributed by atoms with Gasteiger partial charge in [-0.25, -0.2) is 9.97 Å². The first-order chi connectivity index (χ1) is 17.0. The van der Waals surface area contributed by atoms with Crippen LogP contribution in [0.25, 0.3) is 11.3 Å². The van der Waals surface area contributed by atoms with Crippen LogP contribution >= 0.6 is 11.8 Å². The summed E-state index contributed by atoms with van der Waals surface area (Å²) >= 11 is 1.68. The van der Waals surface area contributed by atoms with Crippen molar-refractivity contribution in [1.82, 2.24) is 20.2 Å². The van der Waals surface area contributed by atoms with E-state index in [1.807, 2.05) is 42.5 Å². The molecule has 4 rings (SSSR count). The lowest BCUT2D eigenvalue weighted by molar-refractivity contribution is -0.121. The van der Waals surface area contributed by atoms with Crippen molar-refractivity contribution in [3.63, 3.8) is 0 Å². The Morgan fingerprint density at radius 3 is 2.40 bits per heavy atom. The van der Waals surface area contributed by atoms with E-state index < -0.39 is 0 Å². The van der Waals surface area contributed by atoms with E-state index in [0.717, 1.165) is 27.6 Å². The number of nitrogens with one attached hydrogen (secondary N) is 2. The third-order valence-electron chi connectivity index (χ3n) is 5.55. The highest BCUT2D eigenvalue weighted by Crippen LogP contribution is 2.24. The second-order valence-electron chi connectivity index (χ2n) is 8.15. The summed E-state index contributed by atoms with van der Waals surface area (Å²) in [6, 6.07) is 17.2. The summed E-state index contributed by atoms with van der Waals surface area (Å²) in [7, 11) is 0. The number of hydrogen-bond acceptors (Lipinski definition) is 7. The average Bonchev–Trinajstić information content (AvgIpc) is 2.88. The standard InChI is InChI=1S/C26H27N5O3S/c1-18(32)27-14-17-35-23-8-4-19(5-9-23)24-10-13-28-26(30-24)29-21-6-2-20(3-7-21)25(34)31-15-11-22(33)12-16-31/h2-10,13H,11-12,14-17H2,1H3,(H,27,32)(H,28,29,30). The van der Waals surface area contributed by atoms with Gasteiger partial charge in [-0.2, -0.15) is 0 Å². The van der Waals surface area contributed by atoms with Crippen molar-refractivity contribution in [2.75, 3.05) is 30.7 Å². The number of Topliss-reactive ketones (excluding diaryl/α,β-unsaturated/α-hetero) is 1. The Balaban J connectivity index is 1.35. The van der Waals surface area contributed by atoms with Gasteiger partial charge in [0, 0.05) is 73.1 Å². The molecule has 2 heterocycles. The first-order valence-corrected chi connectivity index (χ1v) is 12.5. The van der Waals surface area contributed by atoms with Crippen molar-refractivity contribution in [3.8, 4) is 11.3 Å². The minimum absolute atomic E-state index is 0.0188. The lowest BCUT2D eigenvalue weighted by atomic mass is 10.1. The van der Waals surface area contributed by atoms with E-state index >= 15 is 0 Å². The molecule has 8 nitrogen and oxygen atoms in total. The molecule has 2 aromatic carbocycles. The lowest BCUT2D eigenvalue weighted by Crippen LogP contribution is -2.38. The second-order valence-corrected chi connectivity index (χ2v) is 9.32. The second kappa shape index (κ2) is 11.6. The van der Waals surface area contributed by atoms with Gasteiger partial charge in [-0.3, -0.25) is 14.4 Å². The lowest BCUT2D eigenvalue weighted by Gasteiger charge is -2.26. The van der Waals surface area contributed by atoms with E-state index in [1.165, 1.54) is 6.92 Å².